The summed E-state index contributed by atoms with van der Waals surface area (Å²) in [5, 5.41) is 9.96. The summed E-state index contributed by atoms with van der Waals surface area (Å²) >= 11 is 0. The van der Waals surface area contributed by atoms with E-state index in [1.165, 1.54) is 6.33 Å². The Kier molecular flexibility index (Phi) is 4.93. The lowest BCUT2D eigenvalue weighted by Crippen LogP contribution is -2.04. The van der Waals surface area contributed by atoms with Gasteiger partial charge in [0.25, 0.3) is 0 Å². The molecule has 0 saturated heterocycles. The molecule has 0 spiro atoms. The van der Waals surface area contributed by atoms with E-state index < -0.39 is 0 Å². The van der Waals surface area contributed by atoms with E-state index in [0.29, 0.717) is 40.7 Å². The summed E-state index contributed by atoms with van der Waals surface area (Å²) in [7, 11) is 0. The van der Waals surface area contributed by atoms with E-state index in [9.17, 15) is 0 Å². The Labute approximate surface area is 179 Å². The summed E-state index contributed by atoms with van der Waals surface area (Å²) < 4.78 is 9.78. The summed E-state index contributed by atoms with van der Waals surface area (Å²) in [6.07, 6.45) is 9.52. The van der Waals surface area contributed by atoms with E-state index in [-0.39, 0.29) is 6.04 Å². The number of nitrogens with two attached hydrogens (primary N) is 2. The van der Waals surface area contributed by atoms with Crippen molar-refractivity contribution >= 4 is 16.9 Å². The molecule has 1 fully saturated rings. The first-order valence-corrected chi connectivity index (χ1v) is 10.8. The number of aromatic nitrogens is 7. The maximum Gasteiger partial charge on any atom is 0.164 e. The quantitative estimate of drug-likeness (QED) is 0.414. The average Bonchev–Trinajstić information content (AvgIpc) is 3.16. The van der Waals surface area contributed by atoms with Crippen molar-refractivity contribution in [1.82, 2.24) is 34.5 Å². The second-order valence-corrected chi connectivity index (χ2v) is 8.38. The molecule has 0 atom stereocenters. The molecule has 4 aromatic rings. The molecule has 0 aromatic carbocycles. The van der Waals surface area contributed by atoms with Gasteiger partial charge in [0.15, 0.2) is 5.65 Å². The smallest absolute Gasteiger partial charge is 0.164 e. The van der Waals surface area contributed by atoms with Crippen LogP contribution in [0.1, 0.15) is 57.3 Å². The number of nitrogens with zero attached hydrogens (tertiary/aromatic N) is 7. The van der Waals surface area contributed by atoms with Gasteiger partial charge in [0.05, 0.1) is 23.0 Å². The molecule has 0 unspecified atom stereocenters. The molecule has 1 aliphatic rings. The average molecular weight is 422 g/mol. The fourth-order valence-corrected chi connectivity index (χ4v) is 3.91. The van der Waals surface area contributed by atoms with Crippen LogP contribution in [0.25, 0.3) is 33.7 Å². The Morgan fingerprint density at radius 1 is 1.16 bits per heavy atom. The van der Waals surface area contributed by atoms with Crippen molar-refractivity contribution in [3.8, 4) is 22.6 Å². The fourth-order valence-electron chi connectivity index (χ4n) is 3.91. The van der Waals surface area contributed by atoms with Crippen LogP contribution in [0.5, 0.6) is 0 Å². The fraction of sp³-hybridized carbons (Fsp3) is 0.476. The Bertz CT molecular complexity index is 1220. The van der Waals surface area contributed by atoms with Crippen molar-refractivity contribution in [3.05, 3.63) is 24.6 Å². The van der Waals surface area contributed by atoms with E-state index in [2.05, 4.69) is 38.5 Å². The van der Waals surface area contributed by atoms with E-state index in [1.54, 1.807) is 0 Å². The van der Waals surface area contributed by atoms with E-state index >= 15 is 0 Å². The third-order valence-electron chi connectivity index (χ3n) is 5.66. The minimum Gasteiger partial charge on any atom is -0.383 e. The SMILES string of the molecule is CC(C)n1nc(-c2noc(C3CC3)c2-c2cn(CCCCN)cn2)c2c(N)ncnc21. The number of rotatable bonds is 8. The van der Waals surface area contributed by atoms with Gasteiger partial charge < -0.3 is 20.6 Å². The third kappa shape index (κ3) is 3.46. The topological polar surface area (TPSA) is 139 Å². The summed E-state index contributed by atoms with van der Waals surface area (Å²) in [6, 6.07) is 0.102. The largest absolute Gasteiger partial charge is 0.383 e. The summed E-state index contributed by atoms with van der Waals surface area (Å²) in [6.45, 7) is 5.67. The first kappa shape index (κ1) is 19.7. The van der Waals surface area contributed by atoms with Crippen LogP contribution < -0.4 is 11.5 Å². The Hall–Kier alpha value is -3.27. The molecule has 31 heavy (non-hydrogen) atoms. The summed E-state index contributed by atoms with van der Waals surface area (Å²) in [5.41, 5.74) is 15.6. The number of hydrogen-bond donors (Lipinski definition) is 2. The van der Waals surface area contributed by atoms with Gasteiger partial charge in [0.1, 0.15) is 29.3 Å². The molecule has 1 aliphatic carbocycles. The van der Waals surface area contributed by atoms with Crippen molar-refractivity contribution in [2.45, 2.75) is 58.0 Å². The van der Waals surface area contributed by atoms with Crippen molar-refractivity contribution in [1.29, 1.82) is 0 Å². The first-order valence-electron chi connectivity index (χ1n) is 10.8. The molecule has 1 saturated carbocycles. The first-order chi connectivity index (χ1) is 15.1. The highest BCUT2D eigenvalue weighted by Gasteiger charge is 2.35. The van der Waals surface area contributed by atoms with Crippen LogP contribution in [0.2, 0.25) is 0 Å². The number of nitrogen functional groups attached to an aromatic ring is 1. The second-order valence-electron chi connectivity index (χ2n) is 8.38. The van der Waals surface area contributed by atoms with Gasteiger partial charge in [-0.1, -0.05) is 5.16 Å². The number of fused-ring (bicyclic) bond motifs is 1. The number of imidazole rings is 1. The molecule has 162 valence electrons. The Morgan fingerprint density at radius 3 is 2.74 bits per heavy atom. The highest BCUT2D eigenvalue weighted by Crippen LogP contribution is 2.48. The van der Waals surface area contributed by atoms with Crippen LogP contribution in [0.3, 0.4) is 0 Å². The third-order valence-corrected chi connectivity index (χ3v) is 5.66. The molecule has 10 heteroatoms. The monoisotopic (exact) mass is 421 g/mol. The minimum atomic E-state index is 0.102. The van der Waals surface area contributed by atoms with Crippen LogP contribution in [0, 0.1) is 0 Å². The molecule has 0 radical (unpaired) electrons. The molecule has 0 bridgehead atoms. The van der Waals surface area contributed by atoms with Gasteiger partial charge in [-0.2, -0.15) is 5.10 Å². The molecular formula is C21H27N9O. The van der Waals surface area contributed by atoms with Gasteiger partial charge in [-0.05, 0) is 46.1 Å². The van der Waals surface area contributed by atoms with Gasteiger partial charge in [-0.15, -0.1) is 0 Å². The van der Waals surface area contributed by atoms with Crippen molar-refractivity contribution in [3.63, 3.8) is 0 Å². The number of unbranched alkanes of at least 4 members (excludes halogenated alkanes) is 1. The minimum absolute atomic E-state index is 0.102. The second kappa shape index (κ2) is 7.77. The van der Waals surface area contributed by atoms with Crippen LogP contribution in [0.4, 0.5) is 5.82 Å². The maximum atomic E-state index is 6.25. The van der Waals surface area contributed by atoms with E-state index in [0.717, 1.165) is 49.2 Å². The zero-order chi connectivity index (χ0) is 21.5. The Balaban J connectivity index is 1.66. The zero-order valence-corrected chi connectivity index (χ0v) is 17.8. The normalized spacial score (nSPS) is 14.2. The highest BCUT2D eigenvalue weighted by atomic mass is 16.5. The maximum absolute atomic E-state index is 6.25. The lowest BCUT2D eigenvalue weighted by atomic mass is 10.0. The van der Waals surface area contributed by atoms with Crippen molar-refractivity contribution < 1.29 is 4.52 Å². The Morgan fingerprint density at radius 2 is 2.00 bits per heavy atom. The summed E-state index contributed by atoms with van der Waals surface area (Å²) in [5.74, 6) is 1.61. The van der Waals surface area contributed by atoms with Crippen molar-refractivity contribution in [2.24, 2.45) is 5.73 Å². The van der Waals surface area contributed by atoms with Crippen LogP contribution in [-0.2, 0) is 6.54 Å². The van der Waals surface area contributed by atoms with Gasteiger partial charge in [0.2, 0.25) is 0 Å². The molecule has 0 amide bonds. The van der Waals surface area contributed by atoms with Gasteiger partial charge in [0, 0.05) is 24.7 Å². The van der Waals surface area contributed by atoms with Gasteiger partial charge in [-0.3, -0.25) is 0 Å². The predicted molar refractivity (Wildman–Crippen MR) is 117 cm³/mol. The van der Waals surface area contributed by atoms with Crippen LogP contribution in [0.15, 0.2) is 23.4 Å². The molecule has 4 N–H and O–H groups in total. The van der Waals surface area contributed by atoms with E-state index in [4.69, 9.17) is 21.1 Å². The number of aryl methyl sites for hydroxylation is 1. The number of hydrogen-bond acceptors (Lipinski definition) is 8. The number of anilines is 1. The van der Waals surface area contributed by atoms with Crippen molar-refractivity contribution in [2.75, 3.05) is 12.3 Å². The molecule has 10 nitrogen and oxygen atoms in total. The molecule has 5 rings (SSSR count). The van der Waals surface area contributed by atoms with Gasteiger partial charge >= 0.3 is 0 Å². The lowest BCUT2D eigenvalue weighted by molar-refractivity contribution is 0.386. The summed E-state index contributed by atoms with van der Waals surface area (Å²) in [4.78, 5) is 13.3. The molecule has 0 aliphatic heterocycles. The van der Waals surface area contributed by atoms with Gasteiger partial charge in [-0.25, -0.2) is 19.6 Å². The molecular weight excluding hydrogens is 394 g/mol. The predicted octanol–water partition coefficient (Wildman–Crippen LogP) is 3.12. The van der Waals surface area contributed by atoms with Crippen LogP contribution in [-0.4, -0.2) is 41.0 Å². The van der Waals surface area contributed by atoms with E-state index in [1.807, 2.05) is 17.2 Å². The molecule has 4 aromatic heterocycles. The highest BCUT2D eigenvalue weighted by molar-refractivity contribution is 6.00. The molecule has 4 heterocycles. The van der Waals surface area contributed by atoms with Crippen LogP contribution >= 0.6 is 0 Å². The lowest BCUT2D eigenvalue weighted by Gasteiger charge is -2.05. The standard InChI is InChI=1S/C21H27N9O/c1-12(2)30-21-16(20(23)24-10-25-21)17(27-30)18-15(19(31-28-18)13-5-6-13)14-9-29(11-26-14)8-4-3-7-22/h9-13H,3-8,22H2,1-2H3,(H2,23,24,25). The zero-order valence-electron chi connectivity index (χ0n) is 17.8.